The Labute approximate surface area is 137 Å². The van der Waals surface area contributed by atoms with Crippen molar-refractivity contribution in [3.05, 3.63) is 36.7 Å². The third-order valence-electron chi connectivity index (χ3n) is 4.17. The van der Waals surface area contributed by atoms with E-state index in [0.717, 1.165) is 37.4 Å². The average molecular weight is 324 g/mol. The van der Waals surface area contributed by atoms with Gasteiger partial charge in [-0.1, -0.05) is 0 Å². The summed E-state index contributed by atoms with van der Waals surface area (Å²) in [5.41, 5.74) is 1.35. The lowest BCUT2D eigenvalue weighted by molar-refractivity contribution is -0.120. The molecule has 0 spiro atoms. The maximum atomic E-state index is 12.3. The Kier molecular flexibility index (Phi) is 3.73. The van der Waals surface area contributed by atoms with Gasteiger partial charge in [-0.25, -0.2) is 0 Å². The van der Waals surface area contributed by atoms with E-state index in [9.17, 15) is 4.79 Å². The molecule has 1 fully saturated rings. The molecule has 4 heterocycles. The van der Waals surface area contributed by atoms with E-state index in [4.69, 9.17) is 0 Å². The van der Waals surface area contributed by atoms with E-state index in [1.54, 1.807) is 18.5 Å². The third-order valence-corrected chi connectivity index (χ3v) is 4.17. The monoisotopic (exact) mass is 324 g/mol. The normalized spacial score (nSPS) is 15.6. The number of rotatable bonds is 3. The number of piperidine rings is 1. The molecule has 1 amide bonds. The van der Waals surface area contributed by atoms with Crippen molar-refractivity contribution in [1.82, 2.24) is 30.2 Å². The topological polar surface area (TPSA) is 101 Å². The van der Waals surface area contributed by atoms with Gasteiger partial charge in [0.2, 0.25) is 5.91 Å². The van der Waals surface area contributed by atoms with E-state index < -0.39 is 0 Å². The zero-order valence-corrected chi connectivity index (χ0v) is 12.9. The van der Waals surface area contributed by atoms with Gasteiger partial charge < -0.3 is 10.2 Å². The molecule has 4 rings (SSSR count). The molecule has 24 heavy (non-hydrogen) atoms. The van der Waals surface area contributed by atoms with Crippen molar-refractivity contribution in [1.29, 1.82) is 0 Å². The maximum Gasteiger partial charge on any atom is 0.227 e. The number of fused-ring (bicyclic) bond motifs is 1. The molecule has 1 aliphatic rings. The molecule has 3 aromatic rings. The van der Waals surface area contributed by atoms with Crippen LogP contribution >= 0.6 is 0 Å². The number of hydrogen-bond donors (Lipinski definition) is 1. The van der Waals surface area contributed by atoms with Crippen LogP contribution in [-0.2, 0) is 4.79 Å². The fourth-order valence-electron chi connectivity index (χ4n) is 2.86. The molecule has 9 heteroatoms. The molecule has 0 radical (unpaired) electrons. The predicted octanol–water partition coefficient (Wildman–Crippen LogP) is 0.769. The number of carbonyl (C=O) groups excluding carboxylic acids is 1. The van der Waals surface area contributed by atoms with Crippen LogP contribution in [0.5, 0.6) is 0 Å². The van der Waals surface area contributed by atoms with Crippen molar-refractivity contribution in [3.8, 4) is 0 Å². The smallest absolute Gasteiger partial charge is 0.227 e. The summed E-state index contributed by atoms with van der Waals surface area (Å²) in [6.45, 7) is 1.54. The van der Waals surface area contributed by atoms with E-state index in [2.05, 4.69) is 35.8 Å². The molecule has 1 N–H and O–H groups in total. The van der Waals surface area contributed by atoms with Crippen LogP contribution in [0.25, 0.3) is 5.65 Å². The Balaban J connectivity index is 1.38. The highest BCUT2D eigenvalue weighted by molar-refractivity contribution is 5.92. The average Bonchev–Trinajstić information content (AvgIpc) is 3.10. The number of amides is 1. The predicted molar refractivity (Wildman–Crippen MR) is 86.4 cm³/mol. The van der Waals surface area contributed by atoms with Crippen LogP contribution in [0.1, 0.15) is 12.8 Å². The number of nitrogens with zero attached hydrogens (tertiary/aromatic N) is 7. The molecule has 1 aliphatic heterocycles. The molecule has 0 saturated carbocycles. The molecule has 0 unspecified atom stereocenters. The summed E-state index contributed by atoms with van der Waals surface area (Å²) in [5, 5.41) is 18.6. The van der Waals surface area contributed by atoms with Crippen molar-refractivity contribution in [3.63, 3.8) is 0 Å². The van der Waals surface area contributed by atoms with E-state index in [1.165, 1.54) is 4.63 Å². The second-order valence-electron chi connectivity index (χ2n) is 5.71. The molecule has 9 nitrogen and oxygen atoms in total. The van der Waals surface area contributed by atoms with E-state index in [-0.39, 0.29) is 11.8 Å². The minimum atomic E-state index is -0.00164. The molecular weight excluding hydrogens is 308 g/mol. The molecule has 0 aliphatic carbocycles. The van der Waals surface area contributed by atoms with Crippen molar-refractivity contribution in [2.45, 2.75) is 12.8 Å². The Hall–Kier alpha value is -3.10. The summed E-state index contributed by atoms with van der Waals surface area (Å²) in [4.78, 5) is 18.5. The number of tetrazole rings is 1. The molecule has 0 bridgehead atoms. The lowest BCUT2D eigenvalue weighted by Crippen LogP contribution is -2.38. The van der Waals surface area contributed by atoms with Gasteiger partial charge in [0.15, 0.2) is 11.5 Å². The van der Waals surface area contributed by atoms with Gasteiger partial charge >= 0.3 is 0 Å². The molecule has 3 aromatic heterocycles. The Morgan fingerprint density at radius 3 is 2.88 bits per heavy atom. The first-order chi connectivity index (χ1) is 11.8. The Bertz CT molecular complexity index is 841. The number of hydrogen-bond acceptors (Lipinski definition) is 7. The van der Waals surface area contributed by atoms with E-state index >= 15 is 0 Å². The number of anilines is 2. The minimum Gasteiger partial charge on any atom is -0.355 e. The lowest BCUT2D eigenvalue weighted by atomic mass is 9.96. The summed E-state index contributed by atoms with van der Waals surface area (Å²) in [6.07, 6.45) is 4.89. The first-order valence-corrected chi connectivity index (χ1v) is 7.81. The summed E-state index contributed by atoms with van der Waals surface area (Å²) in [7, 11) is 0. The number of carbonyl (C=O) groups is 1. The second-order valence-corrected chi connectivity index (χ2v) is 5.71. The van der Waals surface area contributed by atoms with Gasteiger partial charge in [0.25, 0.3) is 0 Å². The Morgan fingerprint density at radius 2 is 2.08 bits per heavy atom. The van der Waals surface area contributed by atoms with Crippen LogP contribution in [0, 0.1) is 5.92 Å². The fourth-order valence-corrected chi connectivity index (χ4v) is 2.86. The van der Waals surface area contributed by atoms with Crippen molar-refractivity contribution >= 4 is 23.1 Å². The van der Waals surface area contributed by atoms with Gasteiger partial charge in [-0.15, -0.1) is 14.8 Å². The van der Waals surface area contributed by atoms with Crippen LogP contribution in [0.2, 0.25) is 0 Å². The van der Waals surface area contributed by atoms with Crippen LogP contribution in [0.3, 0.4) is 0 Å². The van der Waals surface area contributed by atoms with Gasteiger partial charge in [0.05, 0.1) is 11.9 Å². The molecular formula is C15H16N8O. The van der Waals surface area contributed by atoms with Gasteiger partial charge in [-0.3, -0.25) is 9.78 Å². The van der Waals surface area contributed by atoms with Crippen LogP contribution in [-0.4, -0.2) is 49.2 Å². The summed E-state index contributed by atoms with van der Waals surface area (Å²) < 4.78 is 1.41. The molecule has 0 aromatic carbocycles. The summed E-state index contributed by atoms with van der Waals surface area (Å²) in [6, 6.07) is 7.38. The van der Waals surface area contributed by atoms with Crippen molar-refractivity contribution < 1.29 is 4.79 Å². The first kappa shape index (κ1) is 14.5. The SMILES string of the molecule is O=C(Nc1cccnc1)C1CCN(c2ccc3nnnn3n2)CC1. The second kappa shape index (κ2) is 6.19. The molecule has 122 valence electrons. The minimum absolute atomic E-state index is 0.00164. The van der Waals surface area contributed by atoms with E-state index in [1.807, 2.05) is 18.2 Å². The quantitative estimate of drug-likeness (QED) is 0.759. The third kappa shape index (κ3) is 2.87. The number of nitrogens with one attached hydrogen (secondary N) is 1. The van der Waals surface area contributed by atoms with Gasteiger partial charge in [-0.2, -0.15) is 0 Å². The number of pyridine rings is 1. The number of aromatic nitrogens is 6. The maximum absolute atomic E-state index is 12.3. The standard InChI is InChI=1S/C15H16N8O/c24-15(17-12-2-1-7-16-10-12)11-5-8-22(9-6-11)14-4-3-13-18-20-21-23(13)19-14/h1-4,7,10-11H,5-6,8-9H2,(H,17,24). The zero-order chi connectivity index (χ0) is 16.4. The zero-order valence-electron chi connectivity index (χ0n) is 12.9. The lowest BCUT2D eigenvalue weighted by Gasteiger charge is -2.31. The van der Waals surface area contributed by atoms with Gasteiger partial charge in [-0.05, 0) is 47.5 Å². The highest BCUT2D eigenvalue weighted by Gasteiger charge is 2.26. The van der Waals surface area contributed by atoms with Crippen LogP contribution < -0.4 is 10.2 Å². The largest absolute Gasteiger partial charge is 0.355 e. The summed E-state index contributed by atoms with van der Waals surface area (Å²) in [5.74, 6) is 0.866. The van der Waals surface area contributed by atoms with Gasteiger partial charge in [0, 0.05) is 25.2 Å². The highest BCUT2D eigenvalue weighted by atomic mass is 16.1. The fraction of sp³-hybridized carbons (Fsp3) is 0.333. The molecule has 0 atom stereocenters. The van der Waals surface area contributed by atoms with Crippen molar-refractivity contribution in [2.75, 3.05) is 23.3 Å². The molecule has 1 saturated heterocycles. The summed E-state index contributed by atoms with van der Waals surface area (Å²) >= 11 is 0. The first-order valence-electron chi connectivity index (χ1n) is 7.81. The van der Waals surface area contributed by atoms with Gasteiger partial charge in [0.1, 0.15) is 0 Å². The van der Waals surface area contributed by atoms with Crippen LogP contribution in [0.15, 0.2) is 36.7 Å². The van der Waals surface area contributed by atoms with Crippen molar-refractivity contribution in [2.24, 2.45) is 5.92 Å². The Morgan fingerprint density at radius 1 is 1.21 bits per heavy atom. The van der Waals surface area contributed by atoms with E-state index in [0.29, 0.717) is 5.65 Å². The highest BCUT2D eigenvalue weighted by Crippen LogP contribution is 2.23. The van der Waals surface area contributed by atoms with Crippen LogP contribution in [0.4, 0.5) is 11.5 Å².